The van der Waals surface area contributed by atoms with E-state index in [1.54, 1.807) is 28.4 Å². The summed E-state index contributed by atoms with van der Waals surface area (Å²) in [5, 5.41) is 0. The summed E-state index contributed by atoms with van der Waals surface area (Å²) in [7, 11) is -3.29. The zero-order valence-electron chi connectivity index (χ0n) is 16.3. The van der Waals surface area contributed by atoms with Crippen LogP contribution < -0.4 is 0 Å². The van der Waals surface area contributed by atoms with Crippen molar-refractivity contribution >= 4 is 15.9 Å². The Morgan fingerprint density at radius 3 is 2.59 bits per heavy atom. The van der Waals surface area contributed by atoms with Crippen molar-refractivity contribution in [3.8, 4) is 0 Å². The smallest absolute Gasteiger partial charge is 0.272 e. The van der Waals surface area contributed by atoms with Crippen LogP contribution in [0.1, 0.15) is 42.2 Å². The van der Waals surface area contributed by atoms with Crippen molar-refractivity contribution in [1.82, 2.24) is 19.1 Å². The van der Waals surface area contributed by atoms with E-state index in [1.807, 2.05) is 13.0 Å². The zero-order valence-corrected chi connectivity index (χ0v) is 17.1. The quantitative estimate of drug-likeness (QED) is 0.698. The van der Waals surface area contributed by atoms with Crippen LogP contribution in [0.3, 0.4) is 0 Å². The molecule has 0 atom stereocenters. The molecule has 3 rings (SSSR count). The second-order valence-corrected chi connectivity index (χ2v) is 9.66. The van der Waals surface area contributed by atoms with Gasteiger partial charge in [-0.15, -0.1) is 0 Å². The molecule has 0 aliphatic carbocycles. The number of nitrogens with zero attached hydrogens (tertiary/aromatic N) is 4. The van der Waals surface area contributed by atoms with Crippen LogP contribution >= 0.6 is 0 Å². The molecule has 3 heterocycles. The van der Waals surface area contributed by atoms with E-state index in [0.717, 1.165) is 25.2 Å². The number of hydrogen-bond acceptors (Lipinski definition) is 5. The van der Waals surface area contributed by atoms with Crippen molar-refractivity contribution in [3.63, 3.8) is 0 Å². The van der Waals surface area contributed by atoms with Gasteiger partial charge in [0.15, 0.2) is 0 Å². The first-order chi connectivity index (χ1) is 12.9. The van der Waals surface area contributed by atoms with Crippen LogP contribution in [-0.2, 0) is 10.0 Å². The Bertz CT molecular complexity index is 756. The Morgan fingerprint density at radius 1 is 1.26 bits per heavy atom. The Balaban J connectivity index is 1.61. The second-order valence-electron chi connectivity index (χ2n) is 7.45. The summed E-state index contributed by atoms with van der Waals surface area (Å²) in [6.07, 6.45) is 5.26. The fraction of sp³-hybridized carbons (Fsp3) is 0.684. The van der Waals surface area contributed by atoms with Gasteiger partial charge in [0.05, 0.1) is 11.8 Å². The summed E-state index contributed by atoms with van der Waals surface area (Å²) in [6.45, 7) is 7.80. The number of pyridine rings is 1. The highest BCUT2D eigenvalue weighted by molar-refractivity contribution is 7.89. The molecule has 150 valence electrons. The fourth-order valence-corrected chi connectivity index (χ4v) is 5.08. The predicted molar refractivity (Wildman–Crippen MR) is 105 cm³/mol. The van der Waals surface area contributed by atoms with Gasteiger partial charge in [-0.25, -0.2) is 8.42 Å². The summed E-state index contributed by atoms with van der Waals surface area (Å²) in [5.74, 6) is -0.0224. The van der Waals surface area contributed by atoms with Crippen LogP contribution in [0.25, 0.3) is 0 Å². The summed E-state index contributed by atoms with van der Waals surface area (Å²) < 4.78 is 26.8. The maximum absolute atomic E-state index is 12.6. The van der Waals surface area contributed by atoms with E-state index in [9.17, 15) is 13.2 Å². The third-order valence-electron chi connectivity index (χ3n) is 5.58. The van der Waals surface area contributed by atoms with Crippen LogP contribution in [0.5, 0.6) is 0 Å². The lowest BCUT2D eigenvalue weighted by Crippen LogP contribution is -2.63. The lowest BCUT2D eigenvalue weighted by molar-refractivity contribution is 0.0430. The molecule has 8 heteroatoms. The molecule has 1 amide bonds. The standard InChI is InChI=1S/C19H30N4O3S/c1-3-27(25,26)23(13-12-21-10-5-4-6-11-21)17-14-22(15-17)19(24)18-16(2)8-7-9-20-18/h7-9,17H,3-6,10-15H2,1-2H3. The maximum Gasteiger partial charge on any atom is 0.272 e. The molecule has 27 heavy (non-hydrogen) atoms. The third kappa shape index (κ3) is 4.67. The molecule has 2 fully saturated rings. The van der Waals surface area contributed by atoms with Gasteiger partial charge in [0.25, 0.3) is 5.91 Å². The SMILES string of the molecule is CCS(=O)(=O)N(CCN1CCCCC1)C1CN(C(=O)c2ncccc2C)C1. The van der Waals surface area contributed by atoms with E-state index in [2.05, 4.69) is 9.88 Å². The number of piperidine rings is 1. The molecule has 7 nitrogen and oxygen atoms in total. The van der Waals surface area contributed by atoms with E-state index in [0.29, 0.717) is 25.3 Å². The molecule has 1 aromatic rings. The Kier molecular flexibility index (Phi) is 6.49. The Morgan fingerprint density at radius 2 is 1.96 bits per heavy atom. The average Bonchev–Trinajstić information content (AvgIpc) is 2.64. The van der Waals surface area contributed by atoms with Crippen molar-refractivity contribution in [3.05, 3.63) is 29.6 Å². The number of carbonyl (C=O) groups excluding carboxylic acids is 1. The molecule has 0 unspecified atom stereocenters. The highest BCUT2D eigenvalue weighted by Crippen LogP contribution is 2.22. The highest BCUT2D eigenvalue weighted by atomic mass is 32.2. The fourth-order valence-electron chi connectivity index (χ4n) is 3.80. The van der Waals surface area contributed by atoms with Crippen LogP contribution in [0.15, 0.2) is 18.3 Å². The third-order valence-corrected chi connectivity index (χ3v) is 7.50. The lowest BCUT2D eigenvalue weighted by Gasteiger charge is -2.45. The summed E-state index contributed by atoms with van der Waals surface area (Å²) in [4.78, 5) is 20.9. The molecule has 0 aromatic carbocycles. The lowest BCUT2D eigenvalue weighted by atomic mass is 10.1. The van der Waals surface area contributed by atoms with Crippen molar-refractivity contribution in [1.29, 1.82) is 0 Å². The molecular weight excluding hydrogens is 364 g/mol. The van der Waals surface area contributed by atoms with Gasteiger partial charge in [0.2, 0.25) is 10.0 Å². The Labute approximate surface area is 162 Å². The van der Waals surface area contributed by atoms with E-state index in [-0.39, 0.29) is 17.7 Å². The summed E-state index contributed by atoms with van der Waals surface area (Å²) in [6, 6.07) is 3.54. The monoisotopic (exact) mass is 394 g/mol. The van der Waals surface area contributed by atoms with Crippen molar-refractivity contribution in [2.45, 2.75) is 39.2 Å². The minimum absolute atomic E-state index is 0.0940. The summed E-state index contributed by atoms with van der Waals surface area (Å²) in [5.41, 5.74) is 1.29. The topological polar surface area (TPSA) is 73.8 Å². The summed E-state index contributed by atoms with van der Waals surface area (Å²) >= 11 is 0. The van der Waals surface area contributed by atoms with E-state index in [1.165, 1.54) is 19.3 Å². The number of carbonyl (C=O) groups is 1. The number of likely N-dealkylation sites (tertiary alicyclic amines) is 2. The minimum atomic E-state index is -3.29. The van der Waals surface area contributed by atoms with Gasteiger partial charge in [-0.2, -0.15) is 4.31 Å². The largest absolute Gasteiger partial charge is 0.334 e. The van der Waals surface area contributed by atoms with Crippen molar-refractivity contribution in [2.75, 3.05) is 45.0 Å². The van der Waals surface area contributed by atoms with E-state index >= 15 is 0 Å². The number of hydrogen-bond donors (Lipinski definition) is 0. The normalized spacial score (nSPS) is 19.3. The minimum Gasteiger partial charge on any atom is -0.334 e. The molecule has 0 spiro atoms. The molecule has 2 aliphatic rings. The van der Waals surface area contributed by atoms with Gasteiger partial charge in [0.1, 0.15) is 5.69 Å². The first-order valence-electron chi connectivity index (χ1n) is 9.85. The van der Waals surface area contributed by atoms with Crippen molar-refractivity contribution < 1.29 is 13.2 Å². The molecule has 0 saturated carbocycles. The molecule has 1 aromatic heterocycles. The number of rotatable bonds is 7. The van der Waals surface area contributed by atoms with Gasteiger partial charge in [-0.05, 0) is 51.4 Å². The number of aromatic nitrogens is 1. The van der Waals surface area contributed by atoms with Crippen molar-refractivity contribution in [2.24, 2.45) is 0 Å². The molecular formula is C19H30N4O3S. The average molecular weight is 395 g/mol. The van der Waals surface area contributed by atoms with Gasteiger partial charge >= 0.3 is 0 Å². The predicted octanol–water partition coefficient (Wildman–Crippen LogP) is 1.35. The molecule has 0 radical (unpaired) electrons. The van der Waals surface area contributed by atoms with Gasteiger partial charge in [-0.1, -0.05) is 12.5 Å². The Hall–Kier alpha value is -1.51. The molecule has 2 aliphatic heterocycles. The first kappa shape index (κ1) is 20.2. The first-order valence-corrected chi connectivity index (χ1v) is 11.5. The number of amides is 1. The van der Waals surface area contributed by atoms with E-state index in [4.69, 9.17) is 0 Å². The number of aryl methyl sites for hydroxylation is 1. The molecule has 0 N–H and O–H groups in total. The van der Waals surface area contributed by atoms with Crippen LogP contribution in [0.4, 0.5) is 0 Å². The van der Waals surface area contributed by atoms with Gasteiger partial charge in [0, 0.05) is 32.4 Å². The van der Waals surface area contributed by atoms with Gasteiger partial charge < -0.3 is 9.80 Å². The molecule has 0 bridgehead atoms. The molecule has 2 saturated heterocycles. The second kappa shape index (κ2) is 8.67. The van der Waals surface area contributed by atoms with Crippen LogP contribution in [-0.4, -0.2) is 84.5 Å². The van der Waals surface area contributed by atoms with Crippen LogP contribution in [0, 0.1) is 6.92 Å². The number of sulfonamides is 1. The zero-order chi connectivity index (χ0) is 19.4. The highest BCUT2D eigenvalue weighted by Gasteiger charge is 2.40. The van der Waals surface area contributed by atoms with Gasteiger partial charge in [-0.3, -0.25) is 9.78 Å². The van der Waals surface area contributed by atoms with Crippen LogP contribution in [0.2, 0.25) is 0 Å². The van der Waals surface area contributed by atoms with E-state index < -0.39 is 10.0 Å². The maximum atomic E-state index is 12.6.